The SMILES string of the molecule is NC1CCC(Nc2ncnc3c2nc(-c2ccc(Cl)cc2Cl)n3-c2ccc(Cl)cc2Cl)CC1. The largest absolute Gasteiger partial charge is 0.365 e. The van der Waals surface area contributed by atoms with Crippen LogP contribution in [0.5, 0.6) is 0 Å². The van der Waals surface area contributed by atoms with E-state index in [0.717, 1.165) is 25.7 Å². The number of rotatable bonds is 4. The van der Waals surface area contributed by atoms with Crippen molar-refractivity contribution in [3.05, 3.63) is 62.8 Å². The highest BCUT2D eigenvalue weighted by molar-refractivity contribution is 6.37. The van der Waals surface area contributed by atoms with E-state index < -0.39 is 0 Å². The minimum absolute atomic E-state index is 0.262. The van der Waals surface area contributed by atoms with Gasteiger partial charge in [-0.3, -0.25) is 4.57 Å². The van der Waals surface area contributed by atoms with E-state index in [1.165, 1.54) is 6.33 Å². The molecule has 2 aromatic heterocycles. The molecule has 0 bridgehead atoms. The number of halogens is 4. The van der Waals surface area contributed by atoms with Crippen LogP contribution in [0.2, 0.25) is 20.1 Å². The summed E-state index contributed by atoms with van der Waals surface area (Å²) in [6, 6.07) is 11.1. The topological polar surface area (TPSA) is 81.7 Å². The molecule has 0 aliphatic heterocycles. The summed E-state index contributed by atoms with van der Waals surface area (Å²) < 4.78 is 1.87. The molecule has 4 aromatic rings. The van der Waals surface area contributed by atoms with Gasteiger partial charge in [0.1, 0.15) is 12.2 Å². The van der Waals surface area contributed by atoms with E-state index >= 15 is 0 Å². The van der Waals surface area contributed by atoms with E-state index in [0.29, 0.717) is 54.1 Å². The van der Waals surface area contributed by atoms with Gasteiger partial charge in [0.15, 0.2) is 17.0 Å². The predicted octanol–water partition coefficient (Wildman–Crippen LogP) is 6.78. The molecule has 1 fully saturated rings. The van der Waals surface area contributed by atoms with Crippen molar-refractivity contribution in [1.29, 1.82) is 0 Å². The van der Waals surface area contributed by atoms with Crippen LogP contribution in [0.1, 0.15) is 25.7 Å². The zero-order valence-electron chi connectivity index (χ0n) is 17.4. The van der Waals surface area contributed by atoms with E-state index in [1.807, 2.05) is 16.7 Å². The summed E-state index contributed by atoms with van der Waals surface area (Å²) in [5.74, 6) is 1.24. The molecule has 0 spiro atoms. The molecule has 1 aliphatic rings. The van der Waals surface area contributed by atoms with Crippen LogP contribution >= 0.6 is 46.4 Å². The van der Waals surface area contributed by atoms with Gasteiger partial charge >= 0.3 is 0 Å². The van der Waals surface area contributed by atoms with Crippen molar-refractivity contribution >= 4 is 63.4 Å². The first-order chi connectivity index (χ1) is 15.9. The van der Waals surface area contributed by atoms with Crippen molar-refractivity contribution in [2.75, 3.05) is 5.32 Å². The third-order valence-electron chi connectivity index (χ3n) is 5.88. The summed E-state index contributed by atoms with van der Waals surface area (Å²) in [7, 11) is 0. The Morgan fingerprint density at radius 3 is 2.27 bits per heavy atom. The summed E-state index contributed by atoms with van der Waals surface area (Å²) in [6.07, 6.45) is 5.44. The lowest BCUT2D eigenvalue weighted by Gasteiger charge is -2.27. The van der Waals surface area contributed by atoms with Crippen molar-refractivity contribution in [2.24, 2.45) is 5.73 Å². The number of nitrogens with zero attached hydrogens (tertiary/aromatic N) is 4. The van der Waals surface area contributed by atoms with Crippen molar-refractivity contribution in [3.8, 4) is 17.1 Å². The average molecular weight is 522 g/mol. The number of anilines is 1. The number of fused-ring (bicyclic) bond motifs is 1. The fourth-order valence-corrected chi connectivity index (χ4v) is 5.18. The number of hydrogen-bond donors (Lipinski definition) is 2. The normalized spacial score (nSPS) is 18.6. The zero-order chi connectivity index (χ0) is 23.1. The molecule has 0 saturated heterocycles. The van der Waals surface area contributed by atoms with Gasteiger partial charge in [0.2, 0.25) is 0 Å². The van der Waals surface area contributed by atoms with E-state index in [4.69, 9.17) is 57.1 Å². The molecule has 1 saturated carbocycles. The lowest BCUT2D eigenvalue weighted by atomic mass is 9.92. The molecule has 0 atom stereocenters. The van der Waals surface area contributed by atoms with E-state index in [1.54, 1.807) is 24.3 Å². The Hall–Kier alpha value is -2.09. The predicted molar refractivity (Wildman–Crippen MR) is 136 cm³/mol. The first kappa shape index (κ1) is 22.7. The number of benzene rings is 2. The van der Waals surface area contributed by atoms with Crippen LogP contribution in [0.15, 0.2) is 42.7 Å². The van der Waals surface area contributed by atoms with Gasteiger partial charge < -0.3 is 11.1 Å². The first-order valence-electron chi connectivity index (χ1n) is 10.6. The summed E-state index contributed by atoms with van der Waals surface area (Å²) in [5, 5.41) is 5.54. The smallest absolute Gasteiger partial charge is 0.170 e. The van der Waals surface area contributed by atoms with Crippen LogP contribution in [-0.2, 0) is 0 Å². The number of nitrogens with two attached hydrogens (primary N) is 1. The highest BCUT2D eigenvalue weighted by Gasteiger charge is 2.24. The summed E-state index contributed by atoms with van der Waals surface area (Å²) in [6.45, 7) is 0. The minimum Gasteiger partial charge on any atom is -0.365 e. The Labute approximate surface area is 211 Å². The second-order valence-corrected chi connectivity index (χ2v) is 9.83. The van der Waals surface area contributed by atoms with Crippen LogP contribution in [0.4, 0.5) is 5.82 Å². The average Bonchev–Trinajstić information content (AvgIpc) is 3.15. The molecule has 1 aliphatic carbocycles. The molecule has 0 amide bonds. The fraction of sp³-hybridized carbons (Fsp3) is 0.261. The van der Waals surface area contributed by atoms with Gasteiger partial charge in [-0.2, -0.15) is 0 Å². The number of imidazole rings is 1. The third-order valence-corrected chi connectivity index (χ3v) is 6.97. The van der Waals surface area contributed by atoms with Gasteiger partial charge in [-0.1, -0.05) is 46.4 Å². The first-order valence-corrected chi connectivity index (χ1v) is 12.1. The zero-order valence-corrected chi connectivity index (χ0v) is 20.4. The van der Waals surface area contributed by atoms with E-state index in [9.17, 15) is 0 Å². The van der Waals surface area contributed by atoms with Gasteiger partial charge in [0, 0.05) is 27.7 Å². The van der Waals surface area contributed by atoms with Gasteiger partial charge in [0.25, 0.3) is 0 Å². The quantitative estimate of drug-likeness (QED) is 0.309. The Kier molecular flexibility index (Phi) is 6.38. The Morgan fingerprint density at radius 2 is 1.58 bits per heavy atom. The standard InChI is InChI=1S/C23H20Cl4N6/c24-12-1-7-16(17(26)9-12)22-32-20-21(31-15-5-3-14(28)4-6-15)29-11-30-23(20)33(22)19-8-2-13(25)10-18(19)27/h1-2,7-11,14-15H,3-6,28H2,(H,29,30,31). The number of nitrogens with one attached hydrogen (secondary N) is 1. The monoisotopic (exact) mass is 520 g/mol. The fourth-order valence-electron chi connectivity index (χ4n) is 4.20. The van der Waals surface area contributed by atoms with Gasteiger partial charge in [-0.05, 0) is 62.1 Å². The molecule has 0 unspecified atom stereocenters. The van der Waals surface area contributed by atoms with Crippen LogP contribution in [0, 0.1) is 0 Å². The van der Waals surface area contributed by atoms with Gasteiger partial charge in [0.05, 0.1) is 15.7 Å². The van der Waals surface area contributed by atoms with Crippen molar-refractivity contribution < 1.29 is 0 Å². The highest BCUT2D eigenvalue weighted by Crippen LogP contribution is 2.37. The second-order valence-electron chi connectivity index (χ2n) is 8.14. The molecule has 170 valence electrons. The third kappa shape index (κ3) is 4.51. The maximum absolute atomic E-state index is 6.60. The van der Waals surface area contributed by atoms with Crippen LogP contribution in [-0.4, -0.2) is 31.6 Å². The Morgan fingerprint density at radius 1 is 0.879 bits per heavy atom. The van der Waals surface area contributed by atoms with Crippen molar-refractivity contribution in [2.45, 2.75) is 37.8 Å². The summed E-state index contributed by atoms with van der Waals surface area (Å²) >= 11 is 25.5. The van der Waals surface area contributed by atoms with E-state index in [-0.39, 0.29) is 12.1 Å². The van der Waals surface area contributed by atoms with Gasteiger partial charge in [-0.25, -0.2) is 15.0 Å². The highest BCUT2D eigenvalue weighted by atomic mass is 35.5. The molecule has 0 radical (unpaired) electrons. The summed E-state index contributed by atoms with van der Waals surface area (Å²) in [5.41, 5.74) is 8.67. The molecular formula is C23H20Cl4N6. The van der Waals surface area contributed by atoms with E-state index in [2.05, 4.69) is 15.3 Å². The molecule has 2 aromatic carbocycles. The molecular weight excluding hydrogens is 502 g/mol. The van der Waals surface area contributed by atoms with Crippen LogP contribution in [0.3, 0.4) is 0 Å². The molecule has 33 heavy (non-hydrogen) atoms. The second kappa shape index (κ2) is 9.28. The molecule has 2 heterocycles. The molecule has 3 N–H and O–H groups in total. The number of aromatic nitrogens is 4. The number of hydrogen-bond acceptors (Lipinski definition) is 5. The Balaban J connectivity index is 1.70. The maximum Gasteiger partial charge on any atom is 0.170 e. The molecule has 5 rings (SSSR count). The van der Waals surface area contributed by atoms with Crippen LogP contribution in [0.25, 0.3) is 28.2 Å². The molecule has 6 nitrogen and oxygen atoms in total. The van der Waals surface area contributed by atoms with Crippen molar-refractivity contribution in [3.63, 3.8) is 0 Å². The lowest BCUT2D eigenvalue weighted by molar-refractivity contribution is 0.410. The maximum atomic E-state index is 6.60. The van der Waals surface area contributed by atoms with Gasteiger partial charge in [-0.15, -0.1) is 0 Å². The summed E-state index contributed by atoms with van der Waals surface area (Å²) in [4.78, 5) is 14.0. The van der Waals surface area contributed by atoms with Crippen molar-refractivity contribution in [1.82, 2.24) is 19.5 Å². The minimum atomic E-state index is 0.262. The lowest BCUT2D eigenvalue weighted by Crippen LogP contribution is -2.33. The van der Waals surface area contributed by atoms with Crippen LogP contribution < -0.4 is 11.1 Å². The Bertz CT molecular complexity index is 1330. The molecule has 10 heteroatoms.